The number of nitrogens with zero attached hydrogens (tertiary/aromatic N) is 2. The van der Waals surface area contributed by atoms with Gasteiger partial charge in [-0.1, -0.05) is 66.3 Å². The van der Waals surface area contributed by atoms with Gasteiger partial charge in [0, 0.05) is 37.0 Å². The Morgan fingerprint density at radius 3 is 2.31 bits per heavy atom. The summed E-state index contributed by atoms with van der Waals surface area (Å²) in [5.74, 6) is 0.779. The summed E-state index contributed by atoms with van der Waals surface area (Å²) in [5, 5.41) is 8.42. The van der Waals surface area contributed by atoms with Crippen LogP contribution in [-0.4, -0.2) is 40.7 Å². The van der Waals surface area contributed by atoms with Gasteiger partial charge in [-0.05, 0) is 42.2 Å². The SMILES string of the molecule is C=C/C=C(\C=C/CC(C)(C)C)SN1CCN(C(=N)CC(C)(C)C)CC1C. The number of allylic oxidation sites excluding steroid dienone is 4. The summed E-state index contributed by atoms with van der Waals surface area (Å²) in [6.07, 6.45) is 10.3. The molecule has 0 aromatic heterocycles. The summed E-state index contributed by atoms with van der Waals surface area (Å²) >= 11 is 1.82. The van der Waals surface area contributed by atoms with Gasteiger partial charge in [-0.2, -0.15) is 0 Å². The van der Waals surface area contributed by atoms with Crippen molar-refractivity contribution in [1.29, 1.82) is 5.41 Å². The summed E-state index contributed by atoms with van der Waals surface area (Å²) in [5.41, 5.74) is 0.483. The molecule has 1 aliphatic heterocycles. The maximum Gasteiger partial charge on any atom is 0.0963 e. The maximum atomic E-state index is 8.42. The molecule has 0 radical (unpaired) electrons. The van der Waals surface area contributed by atoms with Crippen LogP contribution in [0.2, 0.25) is 0 Å². The predicted octanol–water partition coefficient (Wildman–Crippen LogP) is 6.12. The van der Waals surface area contributed by atoms with E-state index in [0.717, 1.165) is 38.3 Å². The third-order valence-corrected chi connectivity index (χ3v) is 5.42. The fourth-order valence-corrected chi connectivity index (χ4v) is 3.84. The van der Waals surface area contributed by atoms with Crippen LogP contribution in [0.4, 0.5) is 0 Å². The van der Waals surface area contributed by atoms with Gasteiger partial charge in [0.05, 0.1) is 5.84 Å². The average Bonchev–Trinajstić information content (AvgIpc) is 2.46. The lowest BCUT2D eigenvalue weighted by atomic mass is 9.91. The van der Waals surface area contributed by atoms with E-state index in [1.807, 2.05) is 18.0 Å². The zero-order chi connectivity index (χ0) is 20.0. The Hall–Kier alpha value is -1.00. The number of amidine groups is 1. The van der Waals surface area contributed by atoms with Crippen LogP contribution in [0.1, 0.15) is 61.3 Å². The number of nitrogens with one attached hydrogen (secondary N) is 1. The molecule has 3 nitrogen and oxygen atoms in total. The van der Waals surface area contributed by atoms with E-state index in [9.17, 15) is 0 Å². The molecule has 148 valence electrons. The molecule has 0 saturated carbocycles. The molecule has 1 heterocycles. The molecule has 1 unspecified atom stereocenters. The lowest BCUT2D eigenvalue weighted by Gasteiger charge is -2.41. The molecule has 4 heteroatoms. The lowest BCUT2D eigenvalue weighted by Crippen LogP contribution is -2.51. The molecule has 1 saturated heterocycles. The van der Waals surface area contributed by atoms with E-state index < -0.39 is 0 Å². The molecule has 0 aromatic carbocycles. The van der Waals surface area contributed by atoms with Crippen molar-refractivity contribution in [2.24, 2.45) is 10.8 Å². The van der Waals surface area contributed by atoms with Crippen molar-refractivity contribution in [1.82, 2.24) is 9.21 Å². The first kappa shape index (κ1) is 23.0. The third-order valence-electron chi connectivity index (χ3n) is 4.16. The van der Waals surface area contributed by atoms with Gasteiger partial charge in [0.2, 0.25) is 0 Å². The number of rotatable bonds is 6. The van der Waals surface area contributed by atoms with Crippen molar-refractivity contribution < 1.29 is 0 Å². The van der Waals surface area contributed by atoms with Gasteiger partial charge in [0.15, 0.2) is 0 Å². The van der Waals surface area contributed by atoms with Crippen molar-refractivity contribution in [3.05, 3.63) is 35.8 Å². The first-order chi connectivity index (χ1) is 11.9. The minimum atomic E-state index is 0.171. The molecule has 26 heavy (non-hydrogen) atoms. The third kappa shape index (κ3) is 9.09. The quantitative estimate of drug-likeness (QED) is 0.262. The van der Waals surface area contributed by atoms with Crippen LogP contribution < -0.4 is 0 Å². The van der Waals surface area contributed by atoms with E-state index in [0.29, 0.717) is 11.5 Å². The van der Waals surface area contributed by atoms with E-state index in [1.54, 1.807) is 0 Å². The van der Waals surface area contributed by atoms with Gasteiger partial charge in [0.1, 0.15) is 0 Å². The van der Waals surface area contributed by atoms with Crippen molar-refractivity contribution in [2.45, 2.75) is 67.3 Å². The molecule has 1 aliphatic rings. The Balaban J connectivity index is 2.64. The summed E-state index contributed by atoms with van der Waals surface area (Å²) in [4.78, 5) is 3.48. The summed E-state index contributed by atoms with van der Waals surface area (Å²) in [6, 6.07) is 0.415. The van der Waals surface area contributed by atoms with Crippen molar-refractivity contribution in [2.75, 3.05) is 19.6 Å². The topological polar surface area (TPSA) is 30.3 Å². The molecule has 1 N–H and O–H groups in total. The molecule has 0 amide bonds. The van der Waals surface area contributed by atoms with E-state index in [-0.39, 0.29) is 5.41 Å². The highest BCUT2D eigenvalue weighted by Gasteiger charge is 2.27. The highest BCUT2D eigenvalue weighted by molar-refractivity contribution is 8.01. The summed E-state index contributed by atoms with van der Waals surface area (Å²) < 4.78 is 2.44. The number of hydrogen-bond acceptors (Lipinski definition) is 3. The van der Waals surface area contributed by atoms with Crippen LogP contribution in [0, 0.1) is 16.2 Å². The highest BCUT2D eigenvalue weighted by atomic mass is 32.2. The highest BCUT2D eigenvalue weighted by Crippen LogP contribution is 2.29. The molecule has 1 rings (SSSR count). The first-order valence-electron chi connectivity index (χ1n) is 9.67. The van der Waals surface area contributed by atoms with Crippen LogP contribution in [-0.2, 0) is 0 Å². The van der Waals surface area contributed by atoms with Gasteiger partial charge in [-0.15, -0.1) is 0 Å². The predicted molar refractivity (Wildman–Crippen MR) is 119 cm³/mol. The smallest absolute Gasteiger partial charge is 0.0963 e. The molecule has 0 aromatic rings. The number of hydrogen-bond donors (Lipinski definition) is 1. The van der Waals surface area contributed by atoms with Crippen LogP contribution in [0.25, 0.3) is 0 Å². The summed E-state index contributed by atoms with van der Waals surface area (Å²) in [6.45, 7) is 22.3. The van der Waals surface area contributed by atoms with Gasteiger partial charge in [-0.3, -0.25) is 5.41 Å². The monoisotopic (exact) mass is 377 g/mol. The molecular weight excluding hydrogens is 338 g/mol. The van der Waals surface area contributed by atoms with Crippen LogP contribution in [0.3, 0.4) is 0 Å². The molecule has 0 bridgehead atoms. The number of piperazine rings is 1. The van der Waals surface area contributed by atoms with Gasteiger partial charge < -0.3 is 4.90 Å². The zero-order valence-electron chi connectivity index (χ0n) is 17.9. The minimum absolute atomic E-state index is 0.171. The van der Waals surface area contributed by atoms with Gasteiger partial charge in [0.25, 0.3) is 0 Å². The van der Waals surface area contributed by atoms with Crippen LogP contribution in [0.15, 0.2) is 35.8 Å². The van der Waals surface area contributed by atoms with Gasteiger partial charge >= 0.3 is 0 Å². The lowest BCUT2D eigenvalue weighted by molar-refractivity contribution is 0.212. The van der Waals surface area contributed by atoms with Crippen molar-refractivity contribution in [3.63, 3.8) is 0 Å². The standard InChI is InChI=1S/C22H39N3S/c1-9-11-19(12-10-13-21(3,4)5)26-25-15-14-24(17-18(25)2)20(23)16-22(6,7)8/h9-12,18,23H,1,13-17H2,2-8H3/b12-10-,19-11+,23-20?. The molecule has 1 atom stereocenters. The van der Waals surface area contributed by atoms with Crippen LogP contribution >= 0.6 is 11.9 Å². The average molecular weight is 378 g/mol. The van der Waals surface area contributed by atoms with Crippen LogP contribution in [0.5, 0.6) is 0 Å². The maximum absolute atomic E-state index is 8.42. The van der Waals surface area contributed by atoms with E-state index in [1.165, 1.54) is 4.91 Å². The van der Waals surface area contributed by atoms with Gasteiger partial charge in [-0.25, -0.2) is 4.31 Å². The Kier molecular flexibility index (Phi) is 8.68. The second-order valence-corrected chi connectivity index (χ2v) is 10.8. The second kappa shape index (κ2) is 9.80. The van der Waals surface area contributed by atoms with Crippen molar-refractivity contribution >= 4 is 17.8 Å². The van der Waals surface area contributed by atoms with E-state index in [2.05, 4.69) is 82.5 Å². The van der Waals surface area contributed by atoms with Crippen molar-refractivity contribution in [3.8, 4) is 0 Å². The first-order valence-corrected chi connectivity index (χ1v) is 10.4. The summed E-state index contributed by atoms with van der Waals surface area (Å²) in [7, 11) is 0. The zero-order valence-corrected chi connectivity index (χ0v) is 18.7. The minimum Gasteiger partial charge on any atom is -0.358 e. The fraction of sp³-hybridized carbons (Fsp3) is 0.682. The molecule has 0 aliphatic carbocycles. The Morgan fingerprint density at radius 2 is 1.81 bits per heavy atom. The molecular formula is C22H39N3S. The Bertz CT molecular complexity index is 535. The normalized spacial score (nSPS) is 20.7. The molecule has 1 fully saturated rings. The second-order valence-electron chi connectivity index (χ2n) is 9.68. The fourth-order valence-electron chi connectivity index (χ4n) is 2.83. The largest absolute Gasteiger partial charge is 0.358 e. The molecule has 0 spiro atoms. The van der Waals surface area contributed by atoms with E-state index >= 15 is 0 Å². The Labute approximate surface area is 166 Å². The Morgan fingerprint density at radius 1 is 1.15 bits per heavy atom. The van der Waals surface area contributed by atoms with E-state index in [4.69, 9.17) is 5.41 Å².